The number of hydrazone groups is 1. The van der Waals surface area contributed by atoms with Crippen LogP contribution in [0.5, 0.6) is 11.5 Å². The Morgan fingerprint density at radius 1 is 1.07 bits per heavy atom. The lowest BCUT2D eigenvalue weighted by molar-refractivity contribution is 0.355. The summed E-state index contributed by atoms with van der Waals surface area (Å²) in [6.07, 6.45) is 2.96. The van der Waals surface area contributed by atoms with Crippen molar-refractivity contribution in [2.24, 2.45) is 5.10 Å². The lowest BCUT2D eigenvalue weighted by Gasteiger charge is -2.09. The fraction of sp³-hybridized carbons (Fsp3) is 0.200. The Bertz CT molecular complexity index is 1150. The number of aryl methyl sites for hydroxylation is 2. The van der Waals surface area contributed by atoms with Crippen molar-refractivity contribution in [3.63, 3.8) is 0 Å². The van der Waals surface area contributed by atoms with E-state index in [1.807, 2.05) is 19.1 Å². The van der Waals surface area contributed by atoms with Crippen LogP contribution in [0.2, 0.25) is 0 Å². The van der Waals surface area contributed by atoms with E-state index >= 15 is 0 Å². The fourth-order valence-electron chi connectivity index (χ4n) is 2.93. The van der Waals surface area contributed by atoms with Crippen LogP contribution in [-0.4, -0.2) is 39.0 Å². The maximum atomic E-state index is 12.5. The van der Waals surface area contributed by atoms with Gasteiger partial charge in [0.1, 0.15) is 0 Å². The van der Waals surface area contributed by atoms with E-state index in [-0.39, 0.29) is 4.90 Å². The predicted molar refractivity (Wildman–Crippen MR) is 111 cm³/mol. The van der Waals surface area contributed by atoms with Crippen LogP contribution >= 0.6 is 0 Å². The zero-order chi connectivity index (χ0) is 21.0. The number of methoxy groups -OCH3 is 2. The third-order valence-electron chi connectivity index (χ3n) is 4.34. The van der Waals surface area contributed by atoms with E-state index < -0.39 is 10.0 Å². The summed E-state index contributed by atoms with van der Waals surface area (Å²) >= 11 is 0. The fourth-order valence-corrected chi connectivity index (χ4v) is 3.95. The van der Waals surface area contributed by atoms with Gasteiger partial charge in [-0.05, 0) is 43.7 Å². The van der Waals surface area contributed by atoms with Crippen molar-refractivity contribution in [3.8, 4) is 22.8 Å². The van der Waals surface area contributed by atoms with E-state index in [0.29, 0.717) is 28.3 Å². The van der Waals surface area contributed by atoms with Gasteiger partial charge in [-0.2, -0.15) is 18.6 Å². The van der Waals surface area contributed by atoms with E-state index in [9.17, 15) is 8.42 Å². The summed E-state index contributed by atoms with van der Waals surface area (Å²) < 4.78 is 35.6. The van der Waals surface area contributed by atoms with Crippen LogP contribution in [0, 0.1) is 13.8 Å². The first-order valence-electron chi connectivity index (χ1n) is 8.73. The van der Waals surface area contributed by atoms with Gasteiger partial charge in [-0.3, -0.25) is 5.10 Å². The van der Waals surface area contributed by atoms with Crippen molar-refractivity contribution in [1.82, 2.24) is 15.0 Å². The van der Waals surface area contributed by atoms with Crippen LogP contribution in [0.4, 0.5) is 0 Å². The summed E-state index contributed by atoms with van der Waals surface area (Å²) in [5.41, 5.74) is 3.71. The van der Waals surface area contributed by atoms with Crippen LogP contribution in [0.3, 0.4) is 0 Å². The highest BCUT2D eigenvalue weighted by Gasteiger charge is 2.16. The maximum absolute atomic E-state index is 12.5. The molecule has 0 saturated heterocycles. The number of hydrogen-bond donors (Lipinski definition) is 2. The quantitative estimate of drug-likeness (QED) is 0.457. The molecule has 2 aromatic carbocycles. The molecule has 0 fully saturated rings. The van der Waals surface area contributed by atoms with Gasteiger partial charge >= 0.3 is 0 Å². The number of hydrogen-bond acceptors (Lipinski definition) is 6. The molecule has 1 aromatic heterocycles. The molecule has 0 spiro atoms. The minimum Gasteiger partial charge on any atom is -0.493 e. The molecular weight excluding hydrogens is 392 g/mol. The zero-order valence-electron chi connectivity index (χ0n) is 16.6. The Hall–Kier alpha value is -3.33. The van der Waals surface area contributed by atoms with E-state index in [0.717, 1.165) is 11.1 Å². The number of aromatic amines is 1. The number of nitrogens with one attached hydrogen (secondary N) is 2. The molecule has 29 heavy (non-hydrogen) atoms. The number of benzene rings is 2. The number of nitrogens with zero attached hydrogens (tertiary/aromatic N) is 2. The van der Waals surface area contributed by atoms with Gasteiger partial charge in [0.05, 0.1) is 37.2 Å². The molecule has 0 bridgehead atoms. The van der Waals surface area contributed by atoms with E-state index in [1.165, 1.54) is 6.21 Å². The van der Waals surface area contributed by atoms with Gasteiger partial charge in [-0.15, -0.1) is 0 Å². The van der Waals surface area contributed by atoms with Gasteiger partial charge in [0.25, 0.3) is 10.0 Å². The van der Waals surface area contributed by atoms with Crippen LogP contribution in [-0.2, 0) is 10.0 Å². The Balaban J connectivity index is 1.84. The summed E-state index contributed by atoms with van der Waals surface area (Å²) in [7, 11) is -0.656. The zero-order valence-corrected chi connectivity index (χ0v) is 17.4. The molecule has 9 heteroatoms. The largest absolute Gasteiger partial charge is 0.493 e. The van der Waals surface area contributed by atoms with E-state index in [1.54, 1.807) is 51.6 Å². The van der Waals surface area contributed by atoms with Crippen molar-refractivity contribution in [2.45, 2.75) is 18.7 Å². The molecule has 0 aliphatic carbocycles. The summed E-state index contributed by atoms with van der Waals surface area (Å²) in [5.74, 6) is 1.17. The van der Waals surface area contributed by atoms with Crippen LogP contribution < -0.4 is 14.3 Å². The average molecular weight is 414 g/mol. The summed E-state index contributed by atoms with van der Waals surface area (Å²) in [4.78, 5) is 2.44. The van der Waals surface area contributed by atoms with Crippen LogP contribution in [0.15, 0.2) is 52.6 Å². The normalized spacial score (nSPS) is 11.6. The number of aromatic nitrogens is 2. The summed E-state index contributed by atoms with van der Waals surface area (Å²) in [6.45, 7) is 3.65. The van der Waals surface area contributed by atoms with Crippen molar-refractivity contribution in [2.75, 3.05) is 14.2 Å². The minimum atomic E-state index is -3.77. The standard InChI is InChI=1S/C20H22N4O4S/c1-13-5-8-19(14(2)9-13)29(25,26)24-22-12-16-11-21-23-20(16)15-6-7-17(27-3)18(10-15)28-4/h5-12,24H,1-4H3,(H,21,23)/b22-12-. The third-order valence-corrected chi connectivity index (χ3v) is 5.72. The smallest absolute Gasteiger partial charge is 0.276 e. The second-order valence-electron chi connectivity index (χ2n) is 6.39. The molecule has 0 radical (unpaired) electrons. The molecule has 0 atom stereocenters. The Kier molecular flexibility index (Phi) is 5.88. The van der Waals surface area contributed by atoms with Gasteiger partial charge in [0.2, 0.25) is 0 Å². The Morgan fingerprint density at radius 2 is 1.83 bits per heavy atom. The predicted octanol–water partition coefficient (Wildman–Crippen LogP) is 3.02. The van der Waals surface area contributed by atoms with Crippen molar-refractivity contribution in [1.29, 1.82) is 0 Å². The molecule has 3 rings (SSSR count). The lowest BCUT2D eigenvalue weighted by atomic mass is 10.1. The molecule has 0 unspecified atom stereocenters. The van der Waals surface area contributed by atoms with Crippen LogP contribution in [0.25, 0.3) is 11.3 Å². The second kappa shape index (κ2) is 8.36. The van der Waals surface area contributed by atoms with Crippen molar-refractivity contribution in [3.05, 3.63) is 59.3 Å². The molecule has 1 heterocycles. The second-order valence-corrected chi connectivity index (χ2v) is 8.02. The number of rotatable bonds is 7. The number of sulfonamides is 1. The Labute approximate surface area is 169 Å². The van der Waals surface area contributed by atoms with Gasteiger partial charge in [0.15, 0.2) is 11.5 Å². The molecule has 152 valence electrons. The highest BCUT2D eigenvalue weighted by molar-refractivity contribution is 7.89. The topological polar surface area (TPSA) is 106 Å². The summed E-state index contributed by atoms with van der Waals surface area (Å²) in [6, 6.07) is 10.5. The number of H-pyrrole nitrogens is 1. The highest BCUT2D eigenvalue weighted by atomic mass is 32.2. The molecule has 0 amide bonds. The summed E-state index contributed by atoms with van der Waals surface area (Å²) in [5, 5.41) is 10.8. The van der Waals surface area contributed by atoms with Crippen molar-refractivity contribution < 1.29 is 17.9 Å². The van der Waals surface area contributed by atoms with Gasteiger partial charge in [-0.1, -0.05) is 17.7 Å². The SMILES string of the molecule is COc1ccc(-c2[nH]ncc2/C=N\NS(=O)(=O)c2ccc(C)cc2C)cc1OC. The van der Waals surface area contributed by atoms with Gasteiger partial charge < -0.3 is 9.47 Å². The maximum Gasteiger partial charge on any atom is 0.276 e. The van der Waals surface area contributed by atoms with Crippen LogP contribution in [0.1, 0.15) is 16.7 Å². The molecule has 0 saturated carbocycles. The van der Waals surface area contributed by atoms with Gasteiger partial charge in [-0.25, -0.2) is 4.83 Å². The third kappa shape index (κ3) is 4.40. The van der Waals surface area contributed by atoms with E-state index in [2.05, 4.69) is 20.1 Å². The Morgan fingerprint density at radius 3 is 2.52 bits per heavy atom. The molecule has 0 aliphatic heterocycles. The average Bonchev–Trinajstić information content (AvgIpc) is 3.15. The highest BCUT2D eigenvalue weighted by Crippen LogP contribution is 2.32. The first-order valence-corrected chi connectivity index (χ1v) is 10.2. The molecular formula is C20H22N4O4S. The molecule has 8 nitrogen and oxygen atoms in total. The first kappa shape index (κ1) is 20.4. The lowest BCUT2D eigenvalue weighted by Crippen LogP contribution is -2.19. The molecule has 2 N–H and O–H groups in total. The minimum absolute atomic E-state index is 0.188. The first-order chi connectivity index (χ1) is 13.9. The van der Waals surface area contributed by atoms with E-state index in [4.69, 9.17) is 9.47 Å². The molecule has 3 aromatic rings. The monoisotopic (exact) mass is 414 g/mol. The van der Waals surface area contributed by atoms with Crippen molar-refractivity contribution >= 4 is 16.2 Å². The molecule has 0 aliphatic rings. The number of ether oxygens (including phenoxy) is 2. The van der Waals surface area contributed by atoms with Gasteiger partial charge in [0, 0.05) is 11.1 Å².